The normalized spacial score (nSPS) is 12.3. The summed E-state index contributed by atoms with van der Waals surface area (Å²) in [6.07, 6.45) is 0. The second-order valence-corrected chi connectivity index (χ2v) is 6.13. The van der Waals surface area contributed by atoms with Gasteiger partial charge in [-0.1, -0.05) is 41.5 Å². The Kier molecular flexibility index (Phi) is 3.59. The molecule has 1 aromatic rings. The van der Waals surface area contributed by atoms with Gasteiger partial charge in [0.15, 0.2) is 0 Å². The molecule has 1 heterocycles. The molecule has 0 aromatic carbocycles. The molecule has 0 unspecified atom stereocenters. The van der Waals surface area contributed by atoms with Crippen molar-refractivity contribution in [1.82, 2.24) is 0 Å². The average molecular weight is 258 g/mol. The highest BCUT2D eigenvalue weighted by molar-refractivity contribution is 5.31. The smallest absolute Gasteiger partial charge is 0.242 e. The first kappa shape index (κ1) is 14.3. The maximum absolute atomic E-state index is 11.9. The number of hydrogen-bond donors (Lipinski definition) is 0. The van der Waals surface area contributed by atoms with Crippen LogP contribution in [0.25, 0.3) is 0 Å². The van der Waals surface area contributed by atoms with Gasteiger partial charge in [-0.3, -0.25) is 0 Å². The number of rotatable bonds is 0. The second kappa shape index (κ2) is 4.51. The van der Waals surface area contributed by atoms with E-state index in [-0.39, 0.29) is 11.1 Å². The Hall–Kier alpha value is -1.72. The Morgan fingerprint density at radius 1 is 0.667 bits per heavy atom. The molecule has 18 heavy (non-hydrogen) atoms. The van der Waals surface area contributed by atoms with E-state index in [1.807, 2.05) is 0 Å². The van der Waals surface area contributed by atoms with Gasteiger partial charge in [0.25, 0.3) is 0 Å². The second-order valence-electron chi connectivity index (χ2n) is 6.13. The average Bonchev–Trinajstić information content (AvgIpc) is 2.13. The summed E-state index contributed by atoms with van der Waals surface area (Å²) in [5.74, 6) is 0. The predicted molar refractivity (Wildman–Crippen MR) is 63.1 cm³/mol. The number of hydrogen-bond acceptors (Lipinski definition) is 6. The van der Waals surface area contributed by atoms with Gasteiger partial charge in [0.2, 0.25) is 0 Å². The fraction of sp³-hybridized carbons (Fsp3) is 0.667. The van der Waals surface area contributed by atoms with Crippen molar-refractivity contribution in [3.05, 3.63) is 32.0 Å². The molecule has 102 valence electrons. The van der Waals surface area contributed by atoms with E-state index in [2.05, 4.69) is 18.6 Å². The van der Waals surface area contributed by atoms with Gasteiger partial charge >= 0.3 is 11.3 Å². The Bertz CT molecular complexity index is 513. The Morgan fingerprint density at radius 2 is 0.944 bits per heavy atom. The molecule has 0 atom stereocenters. The first-order chi connectivity index (χ1) is 8.05. The summed E-state index contributed by atoms with van der Waals surface area (Å²) >= 11 is 0. The standard InChI is InChI=1S/C12H18O6/c1-11(2,3)7-8(12(4,5)6)10(14)16-18-17-15-9(7)13/h1-6H3. The molecule has 0 saturated heterocycles. The van der Waals surface area contributed by atoms with Crippen molar-refractivity contribution in [3.8, 4) is 0 Å². The lowest BCUT2D eigenvalue weighted by atomic mass is 9.77. The van der Waals surface area contributed by atoms with E-state index in [4.69, 9.17) is 0 Å². The van der Waals surface area contributed by atoms with Crippen LogP contribution in [0, 0.1) is 0 Å². The van der Waals surface area contributed by atoms with Gasteiger partial charge in [-0.05, 0) is 20.3 Å². The van der Waals surface area contributed by atoms with E-state index >= 15 is 0 Å². The third-order valence-corrected chi connectivity index (χ3v) is 2.41. The van der Waals surface area contributed by atoms with Crippen molar-refractivity contribution in [2.24, 2.45) is 0 Å². The van der Waals surface area contributed by atoms with Crippen LogP contribution in [0.5, 0.6) is 0 Å². The van der Waals surface area contributed by atoms with E-state index in [0.717, 1.165) is 0 Å². The quantitative estimate of drug-likeness (QED) is 0.664. The minimum absolute atomic E-state index is 0.211. The zero-order valence-corrected chi connectivity index (χ0v) is 11.4. The lowest BCUT2D eigenvalue weighted by molar-refractivity contribution is -0.307. The summed E-state index contributed by atoms with van der Waals surface area (Å²) in [6, 6.07) is 0. The molecule has 0 bridgehead atoms. The Morgan fingerprint density at radius 3 is 1.17 bits per heavy atom. The van der Waals surface area contributed by atoms with Crippen molar-refractivity contribution in [3.63, 3.8) is 0 Å². The predicted octanol–water partition coefficient (Wildman–Crippen LogP) is 2.50. The van der Waals surface area contributed by atoms with E-state index in [1.165, 1.54) is 0 Å². The largest absolute Gasteiger partial charge is 0.387 e. The molecule has 0 spiro atoms. The zero-order chi connectivity index (χ0) is 14.1. The molecule has 0 aliphatic rings. The SMILES string of the molecule is CC(C)(C)c1c(C(C)(C)C)c(=O)ooooc1=O. The van der Waals surface area contributed by atoms with Gasteiger partial charge in [0, 0.05) is 0 Å². The van der Waals surface area contributed by atoms with Gasteiger partial charge in [-0.15, -0.1) is 0 Å². The fourth-order valence-corrected chi connectivity index (χ4v) is 1.74. The van der Waals surface area contributed by atoms with E-state index < -0.39 is 22.1 Å². The summed E-state index contributed by atoms with van der Waals surface area (Å²) in [6.45, 7) is 10.8. The van der Waals surface area contributed by atoms with Gasteiger partial charge < -0.3 is 0 Å². The monoisotopic (exact) mass is 258 g/mol. The molecule has 0 radical (unpaired) electrons. The molecule has 0 N–H and O–H groups in total. The van der Waals surface area contributed by atoms with Crippen molar-refractivity contribution in [2.45, 2.75) is 52.4 Å². The van der Waals surface area contributed by atoms with E-state index in [0.29, 0.717) is 0 Å². The maximum atomic E-state index is 11.9. The first-order valence-corrected chi connectivity index (χ1v) is 5.57. The summed E-state index contributed by atoms with van der Waals surface area (Å²) in [5.41, 5.74) is -2.29. The first-order valence-electron chi connectivity index (χ1n) is 5.57. The zero-order valence-electron chi connectivity index (χ0n) is 11.4. The highest BCUT2D eigenvalue weighted by Crippen LogP contribution is 2.28. The highest BCUT2D eigenvalue weighted by Gasteiger charge is 2.32. The van der Waals surface area contributed by atoms with Crippen molar-refractivity contribution < 1.29 is 18.6 Å². The minimum atomic E-state index is -0.760. The molecule has 0 aliphatic heterocycles. The molecular formula is C12H18O6. The van der Waals surface area contributed by atoms with Gasteiger partial charge in [-0.2, -0.15) is 0 Å². The lowest BCUT2D eigenvalue weighted by Gasteiger charge is -2.24. The molecule has 1 rings (SSSR count). The highest BCUT2D eigenvalue weighted by atomic mass is 17.4. The third-order valence-electron chi connectivity index (χ3n) is 2.41. The third kappa shape index (κ3) is 2.94. The molecule has 0 saturated carbocycles. The molecule has 6 nitrogen and oxygen atoms in total. The summed E-state index contributed by atoms with van der Waals surface area (Å²) in [5, 5.41) is 0. The van der Waals surface area contributed by atoms with Crippen LogP contribution < -0.4 is 11.3 Å². The van der Waals surface area contributed by atoms with E-state index in [9.17, 15) is 9.59 Å². The van der Waals surface area contributed by atoms with Crippen molar-refractivity contribution >= 4 is 0 Å². The van der Waals surface area contributed by atoms with Crippen LogP contribution in [0.3, 0.4) is 0 Å². The van der Waals surface area contributed by atoms with Crippen LogP contribution in [0.2, 0.25) is 0 Å². The van der Waals surface area contributed by atoms with Gasteiger partial charge in [0.1, 0.15) is 0 Å². The van der Waals surface area contributed by atoms with Crippen LogP contribution >= 0.6 is 0 Å². The van der Waals surface area contributed by atoms with Gasteiger partial charge in [0.05, 0.1) is 11.1 Å². The fourth-order valence-electron chi connectivity index (χ4n) is 1.74. The van der Waals surface area contributed by atoms with Crippen LogP contribution in [0.15, 0.2) is 28.2 Å². The Balaban J connectivity index is 4.00. The van der Waals surface area contributed by atoms with Crippen LogP contribution in [0.4, 0.5) is 0 Å². The molecule has 6 heteroatoms. The van der Waals surface area contributed by atoms with Crippen LogP contribution in [-0.2, 0) is 10.8 Å². The van der Waals surface area contributed by atoms with E-state index in [1.54, 1.807) is 41.5 Å². The molecular weight excluding hydrogens is 240 g/mol. The summed E-state index contributed by atoms with van der Waals surface area (Å²) in [4.78, 5) is 23.8. The molecule has 0 aliphatic carbocycles. The van der Waals surface area contributed by atoms with Gasteiger partial charge in [-0.25, -0.2) is 18.7 Å². The lowest BCUT2D eigenvalue weighted by Crippen LogP contribution is -2.33. The molecule has 1 aromatic heterocycles. The van der Waals surface area contributed by atoms with Crippen LogP contribution in [-0.4, -0.2) is 0 Å². The van der Waals surface area contributed by atoms with Crippen molar-refractivity contribution in [1.29, 1.82) is 0 Å². The maximum Gasteiger partial charge on any atom is 0.387 e. The van der Waals surface area contributed by atoms with Crippen molar-refractivity contribution in [2.75, 3.05) is 0 Å². The topological polar surface area (TPSA) is 86.7 Å². The van der Waals surface area contributed by atoms with Crippen LogP contribution in [0.1, 0.15) is 52.7 Å². The minimum Gasteiger partial charge on any atom is -0.242 e. The Labute approximate surface area is 104 Å². The summed E-state index contributed by atoms with van der Waals surface area (Å²) < 4.78 is 16.8. The molecule has 0 amide bonds. The molecule has 0 fully saturated rings. The summed E-state index contributed by atoms with van der Waals surface area (Å²) in [7, 11) is 0.